The highest BCUT2D eigenvalue weighted by Crippen LogP contribution is 2.32. The molecule has 1 aromatic carbocycles. The molecule has 8 atom stereocenters. The molecule has 1 unspecified atom stereocenters. The summed E-state index contributed by atoms with van der Waals surface area (Å²) in [5, 5.41) is 36.1. The Labute approximate surface area is 537 Å². The fraction of sp³-hybridized carbons (Fsp3) is 0.585. The second kappa shape index (κ2) is 34.9. The molecular formula is C65H92N10O15S. The quantitative estimate of drug-likeness (QED) is 0.0115. The first-order valence-electron chi connectivity index (χ1n) is 30.6. The lowest BCUT2D eigenvalue weighted by molar-refractivity contribution is -0.148. The summed E-state index contributed by atoms with van der Waals surface area (Å²) in [4.78, 5) is 156. The fourth-order valence-electron chi connectivity index (χ4n) is 10.4. The van der Waals surface area contributed by atoms with Crippen LogP contribution in [0.3, 0.4) is 0 Å². The second-order valence-electron chi connectivity index (χ2n) is 25.3. The van der Waals surface area contributed by atoms with Crippen LogP contribution < -0.4 is 26.6 Å². The van der Waals surface area contributed by atoms with Gasteiger partial charge in [0.15, 0.2) is 6.10 Å². The number of carbonyl (C=O) groups is 11. The number of piperidine rings is 1. The monoisotopic (exact) mass is 1280 g/mol. The first-order chi connectivity index (χ1) is 42.7. The number of hydrogen-bond donors (Lipinski definition) is 7. The lowest BCUT2D eigenvalue weighted by atomic mass is 9.89. The number of nitrogens with zero attached hydrogens (tertiary/aromatic N) is 5. The largest absolute Gasteiger partial charge is 0.506 e. The van der Waals surface area contributed by atoms with Gasteiger partial charge in [0.25, 0.3) is 29.5 Å². The van der Waals surface area contributed by atoms with Crippen LogP contribution in [-0.4, -0.2) is 178 Å². The minimum absolute atomic E-state index is 0.0237. The molecule has 25 nitrogen and oxygen atoms in total. The summed E-state index contributed by atoms with van der Waals surface area (Å²) in [7, 11) is 3.41. The van der Waals surface area contributed by atoms with Crippen molar-refractivity contribution < 1.29 is 72.4 Å². The van der Waals surface area contributed by atoms with E-state index in [4.69, 9.17) is 15.9 Å². The van der Waals surface area contributed by atoms with E-state index < -0.39 is 118 Å². The molecule has 91 heavy (non-hydrogen) atoms. The predicted octanol–water partition coefficient (Wildman–Crippen LogP) is 5.28. The summed E-state index contributed by atoms with van der Waals surface area (Å²) >= 11 is 1.03. The van der Waals surface area contributed by atoms with Crippen LogP contribution in [0.25, 0.3) is 0 Å². The smallest absolute Gasteiger partial charge is 0.310 e. The maximum atomic E-state index is 14.4. The van der Waals surface area contributed by atoms with E-state index in [0.29, 0.717) is 31.4 Å². The van der Waals surface area contributed by atoms with Gasteiger partial charge in [0.2, 0.25) is 23.6 Å². The summed E-state index contributed by atoms with van der Waals surface area (Å²) in [6, 6.07) is -0.0292. The van der Waals surface area contributed by atoms with Gasteiger partial charge in [0, 0.05) is 81.4 Å². The van der Waals surface area contributed by atoms with E-state index >= 15 is 0 Å². The third-order valence-electron chi connectivity index (χ3n) is 15.7. The van der Waals surface area contributed by atoms with Crippen molar-refractivity contribution in [1.82, 2.24) is 41.0 Å². The number of ether oxygens (including phenoxy) is 2. The zero-order chi connectivity index (χ0) is 68.1. The van der Waals surface area contributed by atoms with Crippen molar-refractivity contribution in [1.29, 1.82) is 0 Å². The molecule has 0 bridgehead atoms. The second-order valence-corrected chi connectivity index (χ2v) is 26.2. The highest BCUT2D eigenvalue weighted by atomic mass is 32.1. The van der Waals surface area contributed by atoms with Gasteiger partial charge < -0.3 is 51.2 Å². The number of esters is 1. The number of phenolic OH excluding ortho intramolecular Hbond substituents is 1. The Balaban J connectivity index is 1.37. The van der Waals surface area contributed by atoms with Crippen molar-refractivity contribution in [2.24, 2.45) is 33.6 Å². The van der Waals surface area contributed by atoms with E-state index in [-0.39, 0.29) is 98.1 Å². The van der Waals surface area contributed by atoms with Crippen LogP contribution in [-0.2, 0) is 63.8 Å². The highest BCUT2D eigenvalue weighted by Gasteiger charge is 2.37. The topological polar surface area (TPSA) is 342 Å². The molecule has 26 heteroatoms. The Morgan fingerprint density at radius 1 is 0.945 bits per heavy atom. The van der Waals surface area contributed by atoms with Crippen LogP contribution >= 0.6 is 11.3 Å². The number of aromatic hydroxyl groups is 1. The number of aromatic nitrogens is 1. The Morgan fingerprint density at radius 2 is 1.60 bits per heavy atom. The Bertz CT molecular complexity index is 3080. The molecule has 1 saturated heterocycles. The Hall–Kier alpha value is -8.15. The molecule has 2 aliphatic heterocycles. The van der Waals surface area contributed by atoms with E-state index in [0.717, 1.165) is 29.1 Å². The van der Waals surface area contributed by atoms with E-state index in [1.54, 1.807) is 14.0 Å². The van der Waals surface area contributed by atoms with Crippen LogP contribution in [0.1, 0.15) is 154 Å². The third-order valence-corrected chi connectivity index (χ3v) is 16.6. The van der Waals surface area contributed by atoms with E-state index in [1.807, 2.05) is 53.5 Å². The lowest BCUT2D eigenvalue weighted by Crippen LogP contribution is -2.51. The van der Waals surface area contributed by atoms with Crippen LogP contribution in [0.2, 0.25) is 0 Å². The Morgan fingerprint density at radius 3 is 2.21 bits per heavy atom. The lowest BCUT2D eigenvalue weighted by Gasteiger charge is -2.34. The van der Waals surface area contributed by atoms with Crippen LogP contribution in [0.4, 0.5) is 5.69 Å². The number of thiazole rings is 1. The molecule has 498 valence electrons. The van der Waals surface area contributed by atoms with Gasteiger partial charge >= 0.3 is 11.9 Å². The first kappa shape index (κ1) is 75.3. The van der Waals surface area contributed by atoms with Gasteiger partial charge in [-0.1, -0.05) is 72.9 Å². The standard InChI is InChI=1S/C65H92N10O15S/c1-15-43(16-2)56(72-60(85)48-21-18-19-27-73(48)13)62(86)74(14)49(38(4)5)32-51(90-41(8)76)61-71-47(34-91-61)59(84)69-45(31-44(17-3)63(87)88)29-42-23-24-50(77)46(30-42)70-58(83)40(7)68-57(82)39(6)67-53(79)33-64(9,10)36-89-37-65(11,12)35-66-52(78)22-20-28-75-54(80)25-26-55(75)81/h1,17,23-26,30,34,38-40,43-45,48-49,51,77H,3,16,18-22,27-29,31-33,35-37H2,2,4-14H3,(H,66,78)(H,67,79)(H,68,82)(H,69,84)(H,70,83)(H,87,88)/t39-,40-,43-,44-,45-,48?,49+,51+/m0/s1. The molecule has 1 fully saturated rings. The molecule has 0 saturated carbocycles. The van der Waals surface area contributed by atoms with Crippen molar-refractivity contribution >= 4 is 87.8 Å². The van der Waals surface area contributed by atoms with Crippen molar-refractivity contribution in [3.63, 3.8) is 0 Å². The summed E-state index contributed by atoms with van der Waals surface area (Å²) in [6.07, 6.45) is 11.5. The number of phenols is 1. The number of aliphatic imine (C=N–C) groups is 1. The number of likely N-dealkylation sites (N-methyl/N-ethyl adjacent to an activating group) is 1. The average molecular weight is 1290 g/mol. The third kappa shape index (κ3) is 23.6. The van der Waals surface area contributed by atoms with Crippen LogP contribution in [0, 0.1) is 40.9 Å². The molecule has 3 heterocycles. The SMILES string of the molecule is C#C[C@@H](CC)C(=NC(=O)C1CCCCN1C)C(=O)N(C)[C@H](C[C@@H](OC(C)=O)c1nc(C(=O)N[C@@H](Cc2ccc(O)c(NC(=O)[C@H](C)NC(=O)[C@H](C)NC(=O)CC(C)(C)COCC(C)(C)CNC(=O)CCCN3C(=O)C=CC3=O)c2)C[C@H](C=C)C(=O)O)cs1)C(C)C. The number of hydrogen-bond acceptors (Lipinski definition) is 17. The molecule has 4 rings (SSSR count). The maximum Gasteiger partial charge on any atom is 0.310 e. The van der Waals surface area contributed by atoms with Crippen LogP contribution in [0.15, 0.2) is 53.4 Å². The highest BCUT2D eigenvalue weighted by molar-refractivity contribution is 7.09. The van der Waals surface area contributed by atoms with Gasteiger partial charge in [0.05, 0.1) is 36.8 Å². The number of rotatable bonds is 35. The molecule has 1 aromatic heterocycles. The zero-order valence-electron chi connectivity index (χ0n) is 54.5. The van der Waals surface area contributed by atoms with Gasteiger partial charge in [-0.25, -0.2) is 9.98 Å². The maximum absolute atomic E-state index is 14.4. The molecule has 2 aliphatic rings. The number of aliphatic carboxylic acids is 1. The van der Waals surface area contributed by atoms with Crippen LogP contribution in [0.5, 0.6) is 5.75 Å². The molecule has 7 N–H and O–H groups in total. The van der Waals surface area contributed by atoms with Crippen molar-refractivity contribution in [3.8, 4) is 18.1 Å². The molecule has 0 spiro atoms. The zero-order valence-corrected chi connectivity index (χ0v) is 55.3. The minimum atomic E-state index is -1.21. The van der Waals surface area contributed by atoms with E-state index in [9.17, 15) is 63.0 Å². The number of carbonyl (C=O) groups excluding carboxylic acids is 10. The van der Waals surface area contributed by atoms with E-state index in [1.165, 1.54) is 67.5 Å². The average Bonchev–Trinajstić information content (AvgIpc) is 1.96. The summed E-state index contributed by atoms with van der Waals surface area (Å²) < 4.78 is 11.8. The molecule has 0 radical (unpaired) electrons. The summed E-state index contributed by atoms with van der Waals surface area (Å²) in [5.41, 5.74) is -0.924. The van der Waals surface area contributed by atoms with Crippen molar-refractivity contribution in [3.05, 3.63) is 64.7 Å². The molecule has 0 aliphatic carbocycles. The summed E-state index contributed by atoms with van der Waals surface area (Å²) in [6.45, 7) is 22.3. The summed E-state index contributed by atoms with van der Waals surface area (Å²) in [5.74, 6) is -6.33. The van der Waals surface area contributed by atoms with Crippen molar-refractivity contribution in [2.75, 3.05) is 52.3 Å². The molecule has 9 amide bonds. The van der Waals surface area contributed by atoms with Crippen molar-refractivity contribution in [2.45, 2.75) is 170 Å². The number of carboxylic acid groups (broad SMARTS) is 1. The Kier molecular flexibility index (Phi) is 28.9. The molecular weight excluding hydrogens is 1190 g/mol. The number of nitrogens with one attached hydrogen (secondary N) is 5. The normalized spacial score (nSPS) is 16.9. The number of carboxylic acids is 1. The van der Waals surface area contributed by atoms with Gasteiger partial charge in [-0.3, -0.25) is 62.5 Å². The van der Waals surface area contributed by atoms with Gasteiger partial charge in [-0.15, -0.1) is 24.3 Å². The number of imide groups is 1. The van der Waals surface area contributed by atoms with Gasteiger partial charge in [0.1, 0.15) is 34.2 Å². The number of benzene rings is 1. The number of likely N-dealkylation sites (tertiary alicyclic amines) is 1. The fourth-order valence-corrected chi connectivity index (χ4v) is 11.2. The minimum Gasteiger partial charge on any atom is -0.506 e. The molecule has 2 aromatic rings. The van der Waals surface area contributed by atoms with Gasteiger partial charge in [-0.05, 0) is 95.0 Å². The predicted molar refractivity (Wildman–Crippen MR) is 342 cm³/mol. The number of terminal acetylenes is 1. The van der Waals surface area contributed by atoms with Gasteiger partial charge in [-0.2, -0.15) is 0 Å². The number of amides is 9. The number of anilines is 1. The first-order valence-corrected chi connectivity index (χ1v) is 31.5. The van der Waals surface area contributed by atoms with E-state index in [2.05, 4.69) is 49.1 Å².